The molecule has 1 saturated heterocycles. The molecule has 1 aliphatic heterocycles. The maximum Gasteiger partial charge on any atom is 0.0482 e. The molecule has 3 nitrogen and oxygen atoms in total. The predicted octanol–water partition coefficient (Wildman–Crippen LogP) is 1.97. The Morgan fingerprint density at radius 2 is 2.18 bits per heavy atom. The number of nitrogens with zero attached hydrogens (tertiary/aromatic N) is 2. The minimum atomic E-state index is 0.682. The van der Waals surface area contributed by atoms with Gasteiger partial charge < -0.3 is 5.32 Å². The van der Waals surface area contributed by atoms with Crippen LogP contribution in [0.4, 0.5) is 0 Å². The van der Waals surface area contributed by atoms with E-state index in [1.54, 1.807) is 0 Å². The summed E-state index contributed by atoms with van der Waals surface area (Å²) in [6.07, 6.45) is 9.30. The number of rotatable bonds is 4. The van der Waals surface area contributed by atoms with Crippen LogP contribution in [0.2, 0.25) is 0 Å². The van der Waals surface area contributed by atoms with Crippen molar-refractivity contribution in [2.24, 2.45) is 0 Å². The van der Waals surface area contributed by atoms with Crippen molar-refractivity contribution in [1.82, 2.24) is 15.2 Å². The molecule has 2 heterocycles. The largest absolute Gasteiger partial charge is 0.301 e. The molecule has 1 aliphatic carbocycles. The summed E-state index contributed by atoms with van der Waals surface area (Å²) in [5, 5.41) is 3.67. The highest BCUT2D eigenvalue weighted by Crippen LogP contribution is 2.40. The molecule has 2 aliphatic rings. The third-order valence-electron chi connectivity index (χ3n) is 3.93. The van der Waals surface area contributed by atoms with Crippen LogP contribution in [0.15, 0.2) is 24.5 Å². The Morgan fingerprint density at radius 3 is 2.94 bits per heavy atom. The lowest BCUT2D eigenvalue weighted by molar-refractivity contribution is 0.211. The number of likely N-dealkylation sites (tertiary alicyclic amines) is 1. The molecule has 17 heavy (non-hydrogen) atoms. The third kappa shape index (κ3) is 2.85. The molecule has 0 aromatic carbocycles. The molecule has 2 atom stereocenters. The Kier molecular flexibility index (Phi) is 3.39. The van der Waals surface area contributed by atoms with Crippen molar-refractivity contribution in [3.63, 3.8) is 0 Å². The second-order valence-corrected chi connectivity index (χ2v) is 5.28. The van der Waals surface area contributed by atoms with Gasteiger partial charge in [-0.05, 0) is 44.0 Å². The molecule has 1 N–H and O–H groups in total. The Balaban J connectivity index is 1.43. The first kappa shape index (κ1) is 11.2. The quantitative estimate of drug-likeness (QED) is 0.858. The van der Waals surface area contributed by atoms with Crippen molar-refractivity contribution in [2.75, 3.05) is 19.8 Å². The standard InChI is InChI=1S/C14H21N3/c1-2-7-17(8-3-1)11-16-14-9-13(14)12-5-4-6-15-10-12/h4-6,10,13-14,16H,1-3,7-9,11H2. The van der Waals surface area contributed by atoms with E-state index in [1.807, 2.05) is 18.5 Å². The summed E-state index contributed by atoms with van der Waals surface area (Å²) in [4.78, 5) is 6.74. The zero-order chi connectivity index (χ0) is 11.5. The Hall–Kier alpha value is -0.930. The van der Waals surface area contributed by atoms with Crippen LogP contribution >= 0.6 is 0 Å². The topological polar surface area (TPSA) is 28.2 Å². The molecule has 1 aromatic rings. The molecule has 1 aromatic heterocycles. The zero-order valence-corrected chi connectivity index (χ0v) is 10.3. The van der Waals surface area contributed by atoms with Crippen LogP contribution in [0, 0.1) is 0 Å². The van der Waals surface area contributed by atoms with Gasteiger partial charge in [0.25, 0.3) is 0 Å². The lowest BCUT2D eigenvalue weighted by atomic mass is 10.1. The molecule has 1 saturated carbocycles. The molecule has 0 radical (unpaired) electrons. The third-order valence-corrected chi connectivity index (χ3v) is 3.93. The molecule has 0 spiro atoms. The fraction of sp³-hybridized carbons (Fsp3) is 0.643. The Morgan fingerprint density at radius 1 is 1.29 bits per heavy atom. The molecule has 2 unspecified atom stereocenters. The summed E-state index contributed by atoms with van der Waals surface area (Å²) in [6.45, 7) is 3.62. The first-order valence-corrected chi connectivity index (χ1v) is 6.79. The van der Waals surface area contributed by atoms with E-state index in [0.717, 1.165) is 6.67 Å². The van der Waals surface area contributed by atoms with E-state index in [1.165, 1.54) is 44.3 Å². The molecular weight excluding hydrogens is 210 g/mol. The zero-order valence-electron chi connectivity index (χ0n) is 10.3. The monoisotopic (exact) mass is 231 g/mol. The summed E-state index contributed by atoms with van der Waals surface area (Å²) < 4.78 is 0. The van der Waals surface area contributed by atoms with Crippen molar-refractivity contribution in [3.8, 4) is 0 Å². The van der Waals surface area contributed by atoms with Gasteiger partial charge in [-0.25, -0.2) is 0 Å². The predicted molar refractivity (Wildman–Crippen MR) is 68.8 cm³/mol. The van der Waals surface area contributed by atoms with Gasteiger partial charge in [0.1, 0.15) is 0 Å². The van der Waals surface area contributed by atoms with Crippen molar-refractivity contribution in [1.29, 1.82) is 0 Å². The van der Waals surface area contributed by atoms with Gasteiger partial charge in [0.2, 0.25) is 0 Å². The van der Waals surface area contributed by atoms with Crippen molar-refractivity contribution < 1.29 is 0 Å². The number of aromatic nitrogens is 1. The molecule has 2 fully saturated rings. The van der Waals surface area contributed by atoms with Crippen molar-refractivity contribution in [3.05, 3.63) is 30.1 Å². The lowest BCUT2D eigenvalue weighted by Gasteiger charge is -2.26. The average molecular weight is 231 g/mol. The normalized spacial score (nSPS) is 29.2. The Bertz CT molecular complexity index is 346. The fourth-order valence-electron chi connectivity index (χ4n) is 2.75. The second-order valence-electron chi connectivity index (χ2n) is 5.28. The first-order valence-electron chi connectivity index (χ1n) is 6.79. The van der Waals surface area contributed by atoms with Gasteiger partial charge in [-0.2, -0.15) is 0 Å². The van der Waals surface area contributed by atoms with E-state index >= 15 is 0 Å². The van der Waals surface area contributed by atoms with Gasteiger partial charge >= 0.3 is 0 Å². The van der Waals surface area contributed by atoms with Crippen LogP contribution in [0.1, 0.15) is 37.2 Å². The Labute approximate surface area is 103 Å². The van der Waals surface area contributed by atoms with Crippen LogP contribution in [-0.4, -0.2) is 35.7 Å². The fourth-order valence-corrected chi connectivity index (χ4v) is 2.75. The highest BCUT2D eigenvalue weighted by Gasteiger charge is 2.38. The van der Waals surface area contributed by atoms with Crippen LogP contribution in [0.5, 0.6) is 0 Å². The summed E-state index contributed by atoms with van der Waals surface area (Å²) in [5.41, 5.74) is 1.39. The van der Waals surface area contributed by atoms with Crippen molar-refractivity contribution >= 4 is 0 Å². The van der Waals surface area contributed by atoms with E-state index in [4.69, 9.17) is 0 Å². The maximum absolute atomic E-state index is 4.19. The van der Waals surface area contributed by atoms with E-state index < -0.39 is 0 Å². The SMILES string of the molecule is c1cncc(C2CC2NCN2CCCCC2)c1. The van der Waals surface area contributed by atoms with E-state index in [9.17, 15) is 0 Å². The second kappa shape index (κ2) is 5.15. The minimum Gasteiger partial charge on any atom is -0.301 e. The van der Waals surface area contributed by atoms with E-state index in [-0.39, 0.29) is 0 Å². The van der Waals surface area contributed by atoms with E-state index in [0.29, 0.717) is 12.0 Å². The molecular formula is C14H21N3. The molecule has 92 valence electrons. The maximum atomic E-state index is 4.19. The number of piperidine rings is 1. The van der Waals surface area contributed by atoms with Crippen LogP contribution in [-0.2, 0) is 0 Å². The summed E-state index contributed by atoms with van der Waals surface area (Å²) >= 11 is 0. The summed E-state index contributed by atoms with van der Waals surface area (Å²) in [7, 11) is 0. The van der Waals surface area contributed by atoms with Gasteiger partial charge in [0.05, 0.1) is 0 Å². The van der Waals surface area contributed by atoms with Crippen LogP contribution < -0.4 is 5.32 Å². The van der Waals surface area contributed by atoms with Gasteiger partial charge in [0.15, 0.2) is 0 Å². The number of nitrogens with one attached hydrogen (secondary N) is 1. The summed E-state index contributed by atoms with van der Waals surface area (Å²) in [5.74, 6) is 0.702. The van der Waals surface area contributed by atoms with E-state index in [2.05, 4.69) is 21.3 Å². The smallest absolute Gasteiger partial charge is 0.0482 e. The number of hydrogen-bond acceptors (Lipinski definition) is 3. The molecule has 0 bridgehead atoms. The van der Waals surface area contributed by atoms with Crippen LogP contribution in [0.25, 0.3) is 0 Å². The minimum absolute atomic E-state index is 0.682. The molecule has 0 amide bonds. The highest BCUT2D eigenvalue weighted by molar-refractivity contribution is 5.24. The van der Waals surface area contributed by atoms with Gasteiger partial charge in [0, 0.05) is 31.0 Å². The van der Waals surface area contributed by atoms with Crippen LogP contribution in [0.3, 0.4) is 0 Å². The number of pyridine rings is 1. The number of hydrogen-bond donors (Lipinski definition) is 1. The van der Waals surface area contributed by atoms with Gasteiger partial charge in [-0.3, -0.25) is 9.88 Å². The molecule has 3 rings (SSSR count). The molecule has 3 heteroatoms. The van der Waals surface area contributed by atoms with Gasteiger partial charge in [-0.1, -0.05) is 12.5 Å². The van der Waals surface area contributed by atoms with Crippen molar-refractivity contribution in [2.45, 2.75) is 37.6 Å². The first-order chi connectivity index (χ1) is 8.43. The highest BCUT2D eigenvalue weighted by atomic mass is 15.2. The van der Waals surface area contributed by atoms with Gasteiger partial charge in [-0.15, -0.1) is 0 Å². The lowest BCUT2D eigenvalue weighted by Crippen LogP contribution is -2.38. The average Bonchev–Trinajstić information content (AvgIpc) is 3.18. The summed E-state index contributed by atoms with van der Waals surface area (Å²) in [6, 6.07) is 4.91.